The quantitative estimate of drug-likeness (QED) is 0.904. The molecule has 0 radical (unpaired) electrons. The molecule has 0 aliphatic rings. The Morgan fingerprint density at radius 2 is 1.89 bits per heavy atom. The smallest absolute Gasteiger partial charge is 0.133 e. The van der Waals surface area contributed by atoms with Gasteiger partial charge in [0.25, 0.3) is 0 Å². The SMILES string of the molecule is Cn1cc(CC(N)c2c(F)cc(F)cc2F)nn1. The van der Waals surface area contributed by atoms with E-state index in [1.165, 1.54) is 4.68 Å². The maximum atomic E-state index is 13.5. The number of hydrogen-bond donors (Lipinski definition) is 1. The predicted octanol–water partition coefficient (Wildman–Crippen LogP) is 1.47. The molecule has 2 aromatic rings. The van der Waals surface area contributed by atoms with Crippen LogP contribution in [0.5, 0.6) is 0 Å². The molecule has 0 aliphatic carbocycles. The molecular formula is C11H11F3N4. The largest absolute Gasteiger partial charge is 0.323 e. The second-order valence-corrected chi connectivity index (χ2v) is 3.98. The number of aromatic nitrogens is 3. The van der Waals surface area contributed by atoms with Gasteiger partial charge in [0.2, 0.25) is 0 Å². The summed E-state index contributed by atoms with van der Waals surface area (Å²) in [7, 11) is 1.67. The Hall–Kier alpha value is -1.89. The molecule has 1 heterocycles. The lowest BCUT2D eigenvalue weighted by Gasteiger charge is -2.12. The summed E-state index contributed by atoms with van der Waals surface area (Å²) in [6.07, 6.45) is 1.71. The highest BCUT2D eigenvalue weighted by molar-refractivity contribution is 5.25. The Morgan fingerprint density at radius 3 is 2.39 bits per heavy atom. The molecule has 1 aromatic heterocycles. The predicted molar refractivity (Wildman–Crippen MR) is 58.0 cm³/mol. The summed E-state index contributed by atoms with van der Waals surface area (Å²) >= 11 is 0. The van der Waals surface area contributed by atoms with Gasteiger partial charge in [-0.25, -0.2) is 13.2 Å². The molecule has 2 N–H and O–H groups in total. The number of nitrogens with zero attached hydrogens (tertiary/aromatic N) is 3. The van der Waals surface area contributed by atoms with Crippen LogP contribution in [-0.4, -0.2) is 15.0 Å². The van der Waals surface area contributed by atoms with Crippen molar-refractivity contribution in [2.45, 2.75) is 12.5 Å². The van der Waals surface area contributed by atoms with Crippen molar-refractivity contribution < 1.29 is 13.2 Å². The minimum atomic E-state index is -0.996. The minimum Gasteiger partial charge on any atom is -0.323 e. The lowest BCUT2D eigenvalue weighted by atomic mass is 10.0. The normalized spacial score (nSPS) is 12.7. The minimum absolute atomic E-state index is 0.118. The van der Waals surface area contributed by atoms with Crippen molar-refractivity contribution in [2.24, 2.45) is 12.8 Å². The maximum Gasteiger partial charge on any atom is 0.133 e. The zero-order valence-electron chi connectivity index (χ0n) is 9.57. The molecule has 0 saturated carbocycles. The molecule has 18 heavy (non-hydrogen) atoms. The highest BCUT2D eigenvalue weighted by atomic mass is 19.1. The number of halogens is 3. The van der Waals surface area contributed by atoms with Crippen LogP contribution in [0.15, 0.2) is 18.3 Å². The average molecular weight is 256 g/mol. The monoisotopic (exact) mass is 256 g/mol. The van der Waals surface area contributed by atoms with Crippen LogP contribution < -0.4 is 5.73 Å². The molecule has 1 unspecified atom stereocenters. The van der Waals surface area contributed by atoms with Gasteiger partial charge in [-0.05, 0) is 0 Å². The van der Waals surface area contributed by atoms with Crippen LogP contribution in [0.3, 0.4) is 0 Å². The summed E-state index contributed by atoms with van der Waals surface area (Å²) in [4.78, 5) is 0. The molecule has 0 bridgehead atoms. The second kappa shape index (κ2) is 4.77. The van der Waals surface area contributed by atoms with E-state index in [-0.39, 0.29) is 12.0 Å². The van der Waals surface area contributed by atoms with Crippen LogP contribution in [0.2, 0.25) is 0 Å². The Bertz CT molecular complexity index is 544. The van der Waals surface area contributed by atoms with Crippen LogP contribution in [0.4, 0.5) is 13.2 Å². The van der Waals surface area contributed by atoms with Gasteiger partial charge in [0.1, 0.15) is 17.5 Å². The zero-order chi connectivity index (χ0) is 13.3. The summed E-state index contributed by atoms with van der Waals surface area (Å²) in [6.45, 7) is 0. The molecule has 1 aromatic carbocycles. The highest BCUT2D eigenvalue weighted by Crippen LogP contribution is 2.22. The van der Waals surface area contributed by atoms with E-state index < -0.39 is 23.5 Å². The van der Waals surface area contributed by atoms with Gasteiger partial charge in [-0.1, -0.05) is 5.21 Å². The Balaban J connectivity index is 2.26. The number of benzene rings is 1. The lowest BCUT2D eigenvalue weighted by molar-refractivity contribution is 0.500. The summed E-state index contributed by atoms with van der Waals surface area (Å²) in [5, 5.41) is 7.46. The van der Waals surface area contributed by atoms with Gasteiger partial charge in [0.15, 0.2) is 0 Å². The molecule has 0 amide bonds. The van der Waals surface area contributed by atoms with E-state index in [0.717, 1.165) is 0 Å². The molecule has 7 heteroatoms. The second-order valence-electron chi connectivity index (χ2n) is 3.98. The molecule has 4 nitrogen and oxygen atoms in total. The Morgan fingerprint density at radius 1 is 1.28 bits per heavy atom. The third kappa shape index (κ3) is 2.51. The summed E-state index contributed by atoms with van der Waals surface area (Å²) in [6, 6.07) is 0.270. The van der Waals surface area contributed by atoms with Crippen molar-refractivity contribution in [3.8, 4) is 0 Å². The van der Waals surface area contributed by atoms with Crippen LogP contribution in [0.25, 0.3) is 0 Å². The van der Waals surface area contributed by atoms with Gasteiger partial charge < -0.3 is 5.73 Å². The fourth-order valence-electron chi connectivity index (χ4n) is 1.72. The molecule has 0 spiro atoms. The van der Waals surface area contributed by atoms with E-state index in [4.69, 9.17) is 5.73 Å². The number of nitrogens with two attached hydrogens (primary N) is 1. The van der Waals surface area contributed by atoms with Crippen molar-refractivity contribution in [1.29, 1.82) is 0 Å². The summed E-state index contributed by atoms with van der Waals surface area (Å²) < 4.78 is 41.2. The maximum absolute atomic E-state index is 13.5. The lowest BCUT2D eigenvalue weighted by Crippen LogP contribution is -2.17. The van der Waals surface area contributed by atoms with Crippen molar-refractivity contribution in [3.63, 3.8) is 0 Å². The van der Waals surface area contributed by atoms with Crippen LogP contribution in [0, 0.1) is 17.5 Å². The molecule has 1 atom stereocenters. The molecule has 0 saturated heterocycles. The van der Waals surface area contributed by atoms with E-state index in [1.54, 1.807) is 13.2 Å². The third-order valence-electron chi connectivity index (χ3n) is 2.49. The van der Waals surface area contributed by atoms with Gasteiger partial charge in [-0.15, -0.1) is 5.10 Å². The van der Waals surface area contributed by atoms with E-state index in [0.29, 0.717) is 17.8 Å². The fraction of sp³-hybridized carbons (Fsp3) is 0.273. The average Bonchev–Trinajstić information content (AvgIpc) is 2.62. The first-order valence-electron chi connectivity index (χ1n) is 5.22. The summed E-state index contributed by atoms with van der Waals surface area (Å²) in [5.41, 5.74) is 5.87. The van der Waals surface area contributed by atoms with Gasteiger partial charge in [-0.2, -0.15) is 0 Å². The number of rotatable bonds is 3. The van der Waals surface area contributed by atoms with E-state index in [1.807, 2.05) is 0 Å². The first-order valence-corrected chi connectivity index (χ1v) is 5.22. The molecule has 2 rings (SSSR count). The number of aryl methyl sites for hydroxylation is 1. The van der Waals surface area contributed by atoms with Gasteiger partial charge in [-0.3, -0.25) is 4.68 Å². The van der Waals surface area contributed by atoms with Crippen molar-refractivity contribution >= 4 is 0 Å². The standard InChI is InChI=1S/C11H11F3N4/c1-18-5-7(16-17-18)4-10(15)11-8(13)2-6(12)3-9(11)14/h2-3,5,10H,4,15H2,1H3. The Kier molecular flexibility index (Phi) is 3.33. The molecular weight excluding hydrogens is 245 g/mol. The van der Waals surface area contributed by atoms with E-state index >= 15 is 0 Å². The highest BCUT2D eigenvalue weighted by Gasteiger charge is 2.19. The topological polar surface area (TPSA) is 56.7 Å². The molecule has 0 fully saturated rings. The van der Waals surface area contributed by atoms with E-state index in [9.17, 15) is 13.2 Å². The Labute approximate surface area is 101 Å². The van der Waals surface area contributed by atoms with Crippen molar-refractivity contribution in [1.82, 2.24) is 15.0 Å². The third-order valence-corrected chi connectivity index (χ3v) is 2.49. The first-order chi connectivity index (χ1) is 8.47. The van der Waals surface area contributed by atoms with Crippen molar-refractivity contribution in [2.75, 3.05) is 0 Å². The summed E-state index contributed by atoms with van der Waals surface area (Å²) in [5.74, 6) is -2.96. The fourth-order valence-corrected chi connectivity index (χ4v) is 1.72. The first kappa shape index (κ1) is 12.6. The van der Waals surface area contributed by atoms with Gasteiger partial charge in [0, 0.05) is 43.4 Å². The van der Waals surface area contributed by atoms with Crippen LogP contribution in [-0.2, 0) is 13.5 Å². The van der Waals surface area contributed by atoms with Crippen molar-refractivity contribution in [3.05, 3.63) is 47.0 Å². The number of hydrogen-bond acceptors (Lipinski definition) is 3. The van der Waals surface area contributed by atoms with Gasteiger partial charge >= 0.3 is 0 Å². The molecule has 96 valence electrons. The van der Waals surface area contributed by atoms with Gasteiger partial charge in [0.05, 0.1) is 5.69 Å². The van der Waals surface area contributed by atoms with Crippen LogP contribution in [0.1, 0.15) is 17.3 Å². The molecule has 0 aliphatic heterocycles. The zero-order valence-corrected chi connectivity index (χ0v) is 9.57. The van der Waals surface area contributed by atoms with E-state index in [2.05, 4.69) is 10.3 Å². The van der Waals surface area contributed by atoms with Crippen LogP contribution >= 0.6 is 0 Å².